The Bertz CT molecular complexity index is 445. The average molecular weight is 273 g/mol. The van der Waals surface area contributed by atoms with E-state index in [4.69, 9.17) is 5.73 Å². The van der Waals surface area contributed by atoms with Crippen LogP contribution in [0.25, 0.3) is 0 Å². The molecule has 1 aromatic heterocycles. The molecule has 0 aliphatic carbocycles. The van der Waals surface area contributed by atoms with Crippen molar-refractivity contribution in [2.75, 3.05) is 19.6 Å². The Hall–Kier alpha value is -1.07. The molecule has 0 saturated carbocycles. The first-order valence-corrected chi connectivity index (χ1v) is 5.95. The van der Waals surface area contributed by atoms with Gasteiger partial charge in [0.05, 0.1) is 5.69 Å². The number of carbonyl (C=O) groups excluding carboxylic acids is 1. The zero-order valence-corrected chi connectivity index (χ0v) is 12.0. The topological polar surface area (TPSA) is 64.2 Å². The number of aromatic nitrogens is 2. The van der Waals surface area contributed by atoms with E-state index in [1.807, 2.05) is 17.9 Å². The summed E-state index contributed by atoms with van der Waals surface area (Å²) in [4.78, 5) is 14.2. The number of hydrogen-bond acceptors (Lipinski definition) is 3. The molecule has 1 aliphatic rings. The maximum atomic E-state index is 12.3. The molecule has 2 rings (SSSR count). The number of hydrogen-bond donors (Lipinski definition) is 1. The van der Waals surface area contributed by atoms with Gasteiger partial charge in [0.1, 0.15) is 5.69 Å². The van der Waals surface area contributed by atoms with E-state index in [0.29, 0.717) is 12.2 Å². The Morgan fingerprint density at radius 1 is 1.61 bits per heavy atom. The Labute approximate surface area is 114 Å². The molecule has 1 aromatic rings. The van der Waals surface area contributed by atoms with Gasteiger partial charge in [-0.15, -0.1) is 12.4 Å². The molecule has 1 amide bonds. The maximum absolute atomic E-state index is 12.3. The molecule has 0 bridgehead atoms. The lowest BCUT2D eigenvalue weighted by molar-refractivity contribution is 0.0766. The van der Waals surface area contributed by atoms with Gasteiger partial charge in [-0.1, -0.05) is 6.92 Å². The molecule has 2 heterocycles. The van der Waals surface area contributed by atoms with E-state index < -0.39 is 0 Å². The van der Waals surface area contributed by atoms with Crippen LogP contribution < -0.4 is 5.73 Å². The van der Waals surface area contributed by atoms with E-state index in [-0.39, 0.29) is 23.7 Å². The standard InChI is InChI=1S/C12H20N4O.ClH/c1-9-6-10(15(3)14-9)11(17)16-5-4-12(2,7-13)8-16;/h6H,4-5,7-8,13H2,1-3H3;1H. The lowest BCUT2D eigenvalue weighted by atomic mass is 9.90. The Morgan fingerprint density at radius 3 is 2.72 bits per heavy atom. The molecular formula is C12H21ClN4O. The second-order valence-corrected chi connectivity index (χ2v) is 5.29. The van der Waals surface area contributed by atoms with Gasteiger partial charge < -0.3 is 10.6 Å². The summed E-state index contributed by atoms with van der Waals surface area (Å²) in [5.41, 5.74) is 7.35. The lowest BCUT2D eigenvalue weighted by Crippen LogP contribution is -2.35. The van der Waals surface area contributed by atoms with Gasteiger partial charge in [-0.25, -0.2) is 0 Å². The number of rotatable bonds is 2. The van der Waals surface area contributed by atoms with Gasteiger partial charge in [0.2, 0.25) is 0 Å². The minimum absolute atomic E-state index is 0. The summed E-state index contributed by atoms with van der Waals surface area (Å²) in [6.45, 7) is 6.18. The first-order chi connectivity index (χ1) is 7.95. The number of halogens is 1. The molecule has 1 unspecified atom stereocenters. The van der Waals surface area contributed by atoms with Crippen molar-refractivity contribution in [3.63, 3.8) is 0 Å². The van der Waals surface area contributed by atoms with Crippen LogP contribution >= 0.6 is 12.4 Å². The van der Waals surface area contributed by atoms with Gasteiger partial charge >= 0.3 is 0 Å². The van der Waals surface area contributed by atoms with E-state index in [2.05, 4.69) is 12.0 Å². The fraction of sp³-hybridized carbons (Fsp3) is 0.667. The van der Waals surface area contributed by atoms with Crippen molar-refractivity contribution < 1.29 is 4.79 Å². The van der Waals surface area contributed by atoms with Crippen LogP contribution in [0.1, 0.15) is 29.5 Å². The van der Waals surface area contributed by atoms with Crippen LogP contribution in [0, 0.1) is 12.3 Å². The van der Waals surface area contributed by atoms with Crippen LogP contribution in [0.4, 0.5) is 0 Å². The summed E-state index contributed by atoms with van der Waals surface area (Å²) in [5, 5.41) is 4.20. The minimum atomic E-state index is 0. The van der Waals surface area contributed by atoms with Crippen LogP contribution in [0.2, 0.25) is 0 Å². The van der Waals surface area contributed by atoms with Crippen molar-refractivity contribution in [1.82, 2.24) is 14.7 Å². The molecule has 1 aliphatic heterocycles. The van der Waals surface area contributed by atoms with Gasteiger partial charge in [-0.05, 0) is 31.4 Å². The lowest BCUT2D eigenvalue weighted by Gasteiger charge is -2.22. The van der Waals surface area contributed by atoms with Gasteiger partial charge in [0.25, 0.3) is 5.91 Å². The molecule has 1 atom stereocenters. The fourth-order valence-electron chi connectivity index (χ4n) is 2.34. The summed E-state index contributed by atoms with van der Waals surface area (Å²) >= 11 is 0. The van der Waals surface area contributed by atoms with Crippen molar-refractivity contribution in [2.24, 2.45) is 18.2 Å². The Kier molecular flexibility index (Phi) is 4.40. The molecule has 0 spiro atoms. The molecule has 18 heavy (non-hydrogen) atoms. The van der Waals surface area contributed by atoms with Crippen molar-refractivity contribution >= 4 is 18.3 Å². The minimum Gasteiger partial charge on any atom is -0.337 e. The predicted octanol–water partition coefficient (Wildman–Crippen LogP) is 0.961. The van der Waals surface area contributed by atoms with E-state index in [1.54, 1.807) is 11.7 Å². The molecule has 2 N–H and O–H groups in total. The van der Waals surface area contributed by atoms with Gasteiger partial charge in [-0.2, -0.15) is 5.10 Å². The highest BCUT2D eigenvalue weighted by molar-refractivity contribution is 5.92. The summed E-state index contributed by atoms with van der Waals surface area (Å²) < 4.78 is 1.65. The van der Waals surface area contributed by atoms with Gasteiger partial charge in [-0.3, -0.25) is 9.48 Å². The molecule has 6 heteroatoms. The molecule has 5 nitrogen and oxygen atoms in total. The van der Waals surface area contributed by atoms with Crippen molar-refractivity contribution in [1.29, 1.82) is 0 Å². The van der Waals surface area contributed by atoms with Crippen LogP contribution in [0.5, 0.6) is 0 Å². The molecule has 0 radical (unpaired) electrons. The van der Waals surface area contributed by atoms with Crippen molar-refractivity contribution in [3.05, 3.63) is 17.5 Å². The quantitative estimate of drug-likeness (QED) is 0.872. The third kappa shape index (κ3) is 2.67. The Balaban J connectivity index is 0.00000162. The monoisotopic (exact) mass is 272 g/mol. The second kappa shape index (κ2) is 5.28. The number of likely N-dealkylation sites (tertiary alicyclic amines) is 1. The highest BCUT2D eigenvalue weighted by atomic mass is 35.5. The largest absolute Gasteiger partial charge is 0.337 e. The number of aryl methyl sites for hydroxylation is 2. The molecular weight excluding hydrogens is 252 g/mol. The highest BCUT2D eigenvalue weighted by Gasteiger charge is 2.35. The Morgan fingerprint density at radius 2 is 2.28 bits per heavy atom. The first kappa shape index (κ1) is 15.0. The van der Waals surface area contributed by atoms with E-state index in [1.165, 1.54) is 0 Å². The first-order valence-electron chi connectivity index (χ1n) is 5.95. The normalized spacial score (nSPS) is 23.0. The van der Waals surface area contributed by atoms with Gasteiger partial charge in [0.15, 0.2) is 0 Å². The van der Waals surface area contributed by atoms with E-state index in [9.17, 15) is 4.79 Å². The SMILES string of the molecule is Cc1cc(C(=O)N2CCC(C)(CN)C2)n(C)n1.Cl. The third-order valence-corrected chi connectivity index (χ3v) is 3.56. The zero-order chi connectivity index (χ0) is 12.6. The van der Waals surface area contributed by atoms with E-state index >= 15 is 0 Å². The molecule has 1 fully saturated rings. The number of nitrogens with zero attached hydrogens (tertiary/aromatic N) is 3. The third-order valence-electron chi connectivity index (χ3n) is 3.56. The summed E-state index contributed by atoms with van der Waals surface area (Å²) in [6, 6.07) is 1.83. The summed E-state index contributed by atoms with van der Waals surface area (Å²) in [5.74, 6) is 0.0604. The summed E-state index contributed by atoms with van der Waals surface area (Å²) in [6.07, 6.45) is 0.978. The van der Waals surface area contributed by atoms with Crippen LogP contribution in [-0.2, 0) is 7.05 Å². The highest BCUT2D eigenvalue weighted by Crippen LogP contribution is 2.29. The summed E-state index contributed by atoms with van der Waals surface area (Å²) in [7, 11) is 1.80. The van der Waals surface area contributed by atoms with Gasteiger partial charge in [0, 0.05) is 20.1 Å². The van der Waals surface area contributed by atoms with Crippen LogP contribution in [-0.4, -0.2) is 40.2 Å². The molecule has 0 aromatic carbocycles. The smallest absolute Gasteiger partial charge is 0.272 e. The number of carbonyl (C=O) groups is 1. The van der Waals surface area contributed by atoms with Crippen LogP contribution in [0.15, 0.2) is 6.07 Å². The van der Waals surface area contributed by atoms with Crippen LogP contribution in [0.3, 0.4) is 0 Å². The van der Waals surface area contributed by atoms with E-state index in [0.717, 1.165) is 25.2 Å². The van der Waals surface area contributed by atoms with Crippen molar-refractivity contribution in [3.8, 4) is 0 Å². The number of amides is 1. The fourth-order valence-corrected chi connectivity index (χ4v) is 2.34. The second-order valence-electron chi connectivity index (χ2n) is 5.29. The average Bonchev–Trinajstić information content (AvgIpc) is 2.82. The number of nitrogens with two attached hydrogens (primary N) is 1. The zero-order valence-electron chi connectivity index (χ0n) is 11.1. The van der Waals surface area contributed by atoms with Crippen molar-refractivity contribution in [2.45, 2.75) is 20.3 Å². The molecule has 102 valence electrons. The maximum Gasteiger partial charge on any atom is 0.272 e. The predicted molar refractivity (Wildman–Crippen MR) is 72.9 cm³/mol. The molecule has 1 saturated heterocycles.